The molecule has 0 aliphatic heterocycles. The van der Waals surface area contributed by atoms with E-state index >= 15 is 0 Å². The number of benzene rings is 1. The number of hydrogen-bond donors (Lipinski definition) is 0. The van der Waals surface area contributed by atoms with Gasteiger partial charge in [0.25, 0.3) is 0 Å². The zero-order valence-electron chi connectivity index (χ0n) is 15.8. The molecular formula is C21H24F3O4-. The van der Waals surface area contributed by atoms with Crippen LogP contribution in [-0.4, -0.2) is 18.9 Å². The molecule has 4 nitrogen and oxygen atoms in total. The largest absolute Gasteiger partial charge is 0.545 e. The molecule has 1 atom stereocenters. The first-order valence-corrected chi connectivity index (χ1v) is 9.84. The van der Waals surface area contributed by atoms with Gasteiger partial charge in [-0.2, -0.15) is 13.2 Å². The first-order chi connectivity index (χ1) is 13.1. The molecule has 0 aromatic heterocycles. The highest BCUT2D eigenvalue weighted by molar-refractivity contribution is 5.86. The van der Waals surface area contributed by atoms with E-state index in [-0.39, 0.29) is 11.0 Å². The van der Waals surface area contributed by atoms with Crippen LogP contribution in [0.2, 0.25) is 0 Å². The van der Waals surface area contributed by atoms with Gasteiger partial charge in [0.15, 0.2) is 6.29 Å². The second-order valence-corrected chi connectivity index (χ2v) is 8.91. The molecule has 0 heterocycles. The van der Waals surface area contributed by atoms with Crippen LogP contribution in [0, 0.1) is 23.2 Å². The molecule has 4 aliphatic rings. The molecule has 5 rings (SSSR count). The van der Waals surface area contributed by atoms with Crippen molar-refractivity contribution in [1.29, 1.82) is 0 Å². The maximum Gasteiger partial charge on any atom is 0.419 e. The monoisotopic (exact) mass is 397 g/mol. The minimum atomic E-state index is -4.65. The van der Waals surface area contributed by atoms with Gasteiger partial charge in [0.05, 0.1) is 18.1 Å². The van der Waals surface area contributed by atoms with Gasteiger partial charge in [0.1, 0.15) is 5.75 Å². The Morgan fingerprint density at radius 1 is 1.18 bits per heavy atom. The second-order valence-electron chi connectivity index (χ2n) is 8.91. The Hall–Kier alpha value is -1.76. The third-order valence-corrected chi connectivity index (χ3v) is 6.60. The molecule has 4 fully saturated rings. The number of carbonyl (C=O) groups is 1. The molecule has 28 heavy (non-hydrogen) atoms. The van der Waals surface area contributed by atoms with Gasteiger partial charge in [0.2, 0.25) is 0 Å². The maximum absolute atomic E-state index is 13.2. The number of carboxylic acid groups (broad SMARTS) is 1. The summed E-state index contributed by atoms with van der Waals surface area (Å²) in [6.07, 6.45) is 1.72. The maximum atomic E-state index is 13.2. The zero-order chi connectivity index (χ0) is 20.1. The van der Waals surface area contributed by atoms with Crippen molar-refractivity contribution in [2.75, 3.05) is 6.61 Å². The van der Waals surface area contributed by atoms with E-state index in [2.05, 4.69) is 0 Å². The third-order valence-electron chi connectivity index (χ3n) is 6.60. The summed E-state index contributed by atoms with van der Waals surface area (Å²) in [6, 6.07) is 2.42. The highest BCUT2D eigenvalue weighted by Crippen LogP contribution is 2.60. The molecule has 1 aromatic carbocycles. The fourth-order valence-corrected chi connectivity index (χ4v) is 5.95. The highest BCUT2D eigenvalue weighted by atomic mass is 19.4. The highest BCUT2D eigenvalue weighted by Gasteiger charge is 2.51. The van der Waals surface area contributed by atoms with Crippen LogP contribution in [0.4, 0.5) is 13.2 Å². The van der Waals surface area contributed by atoms with Crippen LogP contribution < -0.4 is 9.84 Å². The second kappa shape index (κ2) is 6.94. The van der Waals surface area contributed by atoms with Crippen LogP contribution in [0.15, 0.2) is 18.2 Å². The predicted molar refractivity (Wildman–Crippen MR) is 92.4 cm³/mol. The zero-order valence-corrected chi connectivity index (χ0v) is 15.8. The fourth-order valence-electron chi connectivity index (χ4n) is 5.95. The minimum absolute atomic E-state index is 0.117. The summed E-state index contributed by atoms with van der Waals surface area (Å²) < 4.78 is 51.0. The Balaban J connectivity index is 1.44. The van der Waals surface area contributed by atoms with Gasteiger partial charge >= 0.3 is 6.18 Å². The average Bonchev–Trinajstić information content (AvgIpc) is 2.58. The van der Waals surface area contributed by atoms with Crippen LogP contribution in [0.5, 0.6) is 5.75 Å². The van der Waals surface area contributed by atoms with E-state index in [0.717, 1.165) is 49.1 Å². The van der Waals surface area contributed by atoms with Crippen molar-refractivity contribution in [3.63, 3.8) is 0 Å². The number of halogens is 3. The minimum Gasteiger partial charge on any atom is -0.545 e. The average molecular weight is 397 g/mol. The molecule has 0 saturated heterocycles. The van der Waals surface area contributed by atoms with Crippen molar-refractivity contribution in [3.05, 3.63) is 29.3 Å². The lowest BCUT2D eigenvalue weighted by Crippen LogP contribution is -2.48. The van der Waals surface area contributed by atoms with Crippen LogP contribution in [0.3, 0.4) is 0 Å². The normalized spacial score (nSPS) is 32.4. The van der Waals surface area contributed by atoms with E-state index in [4.69, 9.17) is 9.47 Å². The molecule has 4 aliphatic carbocycles. The van der Waals surface area contributed by atoms with Crippen LogP contribution >= 0.6 is 0 Å². The van der Waals surface area contributed by atoms with E-state index < -0.39 is 29.7 Å². The molecule has 4 saturated carbocycles. The summed E-state index contributed by atoms with van der Waals surface area (Å²) in [4.78, 5) is 11.0. The quantitative estimate of drug-likeness (QED) is 0.680. The number of aromatic carboxylic acids is 1. The molecule has 0 amide bonds. The Bertz CT molecular complexity index is 723. The SMILES string of the molecule is CC(OCC12CC3CC(CC(C3)C1)C2)Oc1cc(C(=O)[O-])ccc1C(F)(F)F. The molecule has 1 unspecified atom stereocenters. The first-order valence-electron chi connectivity index (χ1n) is 9.84. The van der Waals surface area contributed by atoms with E-state index in [1.54, 1.807) is 6.92 Å². The van der Waals surface area contributed by atoms with Crippen molar-refractivity contribution in [2.45, 2.75) is 57.9 Å². The summed E-state index contributed by atoms with van der Waals surface area (Å²) in [6.45, 7) is 2.02. The van der Waals surface area contributed by atoms with E-state index in [1.165, 1.54) is 19.3 Å². The first kappa shape index (κ1) is 19.6. The van der Waals surface area contributed by atoms with E-state index in [9.17, 15) is 23.1 Å². The summed E-state index contributed by atoms with van der Waals surface area (Å²) in [5, 5.41) is 11.0. The topological polar surface area (TPSA) is 58.6 Å². The molecule has 7 heteroatoms. The van der Waals surface area contributed by atoms with Gasteiger partial charge in [-0.25, -0.2) is 0 Å². The third kappa shape index (κ3) is 3.86. The van der Waals surface area contributed by atoms with Crippen molar-refractivity contribution in [3.8, 4) is 5.75 Å². The molecule has 0 radical (unpaired) electrons. The van der Waals surface area contributed by atoms with Gasteiger partial charge < -0.3 is 19.4 Å². The Morgan fingerprint density at radius 2 is 1.75 bits per heavy atom. The Labute approximate surface area is 162 Å². The van der Waals surface area contributed by atoms with Crippen molar-refractivity contribution in [1.82, 2.24) is 0 Å². The van der Waals surface area contributed by atoms with Gasteiger partial charge in [-0.1, -0.05) is 6.07 Å². The number of alkyl halides is 3. The number of carboxylic acids is 1. The number of ether oxygens (including phenoxy) is 2. The fraction of sp³-hybridized carbons (Fsp3) is 0.667. The van der Waals surface area contributed by atoms with Crippen molar-refractivity contribution in [2.24, 2.45) is 23.2 Å². The summed E-state index contributed by atoms with van der Waals surface area (Å²) in [7, 11) is 0. The lowest BCUT2D eigenvalue weighted by Gasteiger charge is -2.56. The van der Waals surface area contributed by atoms with Crippen LogP contribution in [-0.2, 0) is 10.9 Å². The van der Waals surface area contributed by atoms with Crippen LogP contribution in [0.1, 0.15) is 61.4 Å². The predicted octanol–water partition coefficient (Wildman–Crippen LogP) is 4.03. The summed E-state index contributed by atoms with van der Waals surface area (Å²) in [5.74, 6) is 0.154. The van der Waals surface area contributed by atoms with E-state index in [1.807, 2.05) is 0 Å². The molecule has 0 N–H and O–H groups in total. The van der Waals surface area contributed by atoms with Crippen molar-refractivity contribution >= 4 is 5.97 Å². The lowest BCUT2D eigenvalue weighted by molar-refractivity contribution is -0.255. The Kier molecular flexibility index (Phi) is 4.84. The molecule has 0 spiro atoms. The van der Waals surface area contributed by atoms with Crippen LogP contribution in [0.25, 0.3) is 0 Å². The summed E-state index contributed by atoms with van der Waals surface area (Å²) in [5.41, 5.74) is -1.27. The summed E-state index contributed by atoms with van der Waals surface area (Å²) >= 11 is 0. The number of rotatable bonds is 6. The van der Waals surface area contributed by atoms with Gasteiger partial charge in [-0.3, -0.25) is 0 Å². The van der Waals surface area contributed by atoms with E-state index in [0.29, 0.717) is 12.7 Å². The molecule has 4 bridgehead atoms. The Morgan fingerprint density at radius 3 is 2.25 bits per heavy atom. The smallest absolute Gasteiger partial charge is 0.419 e. The van der Waals surface area contributed by atoms with Gasteiger partial charge in [-0.15, -0.1) is 0 Å². The van der Waals surface area contributed by atoms with Gasteiger partial charge in [-0.05, 0) is 80.8 Å². The standard InChI is InChI=1S/C21H25F3O4/c1-12(27-11-20-8-13-4-14(9-20)6-15(5-13)10-20)28-18-7-16(19(25)26)2-3-17(18)21(22,23)24/h2-3,7,12-15H,4-6,8-11H2,1H3,(H,25,26)/p-1. The number of carbonyl (C=O) groups excluding carboxylic acids is 1. The molecular weight excluding hydrogens is 373 g/mol. The lowest BCUT2D eigenvalue weighted by atomic mass is 9.50. The number of hydrogen-bond acceptors (Lipinski definition) is 4. The molecule has 154 valence electrons. The van der Waals surface area contributed by atoms with Crippen molar-refractivity contribution < 1.29 is 32.5 Å². The van der Waals surface area contributed by atoms with Gasteiger partial charge in [0, 0.05) is 5.56 Å². The molecule has 1 aromatic rings.